The first-order chi connectivity index (χ1) is 18.1. The summed E-state index contributed by atoms with van der Waals surface area (Å²) in [6.45, 7) is 5.90. The Bertz CT molecular complexity index is 771. The molecule has 1 aromatic heterocycles. The van der Waals surface area contributed by atoms with Gasteiger partial charge in [-0.05, 0) is 25.1 Å². The summed E-state index contributed by atoms with van der Waals surface area (Å²) in [5, 5.41) is 10.3. The largest absolute Gasteiger partial charge is 0.494 e. The van der Waals surface area contributed by atoms with Crippen molar-refractivity contribution in [1.82, 2.24) is 9.13 Å². The second-order valence-corrected chi connectivity index (χ2v) is 11.6. The molecule has 4 nitrogen and oxygen atoms in total. The molecule has 0 aliphatic rings. The summed E-state index contributed by atoms with van der Waals surface area (Å²) in [6, 6.07) is 1.34. The number of aromatic nitrogens is 2. The number of nitrogens with zero attached hydrogens (tertiary/aromatic N) is 2. The number of hydrogen-bond donors (Lipinski definition) is 1. The van der Waals surface area contributed by atoms with Gasteiger partial charge in [-0.2, -0.15) is 0 Å². The molecule has 0 atom stereocenters. The molecule has 37 heavy (non-hydrogen) atoms. The Morgan fingerprint density at radius 3 is 1.19 bits per heavy atom. The van der Waals surface area contributed by atoms with E-state index in [9.17, 15) is 9.90 Å². The Morgan fingerprint density at radius 2 is 0.838 bits per heavy atom. The van der Waals surface area contributed by atoms with E-state index in [4.69, 9.17) is 12.2 Å². The van der Waals surface area contributed by atoms with Crippen molar-refractivity contribution in [3.05, 3.63) is 21.2 Å². The van der Waals surface area contributed by atoms with Gasteiger partial charge in [0, 0.05) is 13.1 Å². The van der Waals surface area contributed by atoms with Gasteiger partial charge >= 0.3 is 0 Å². The molecule has 0 amide bonds. The maximum Gasteiger partial charge on any atom is 0.258 e. The van der Waals surface area contributed by atoms with Gasteiger partial charge in [-0.3, -0.25) is 13.9 Å². The zero-order valence-electron chi connectivity index (χ0n) is 24.6. The van der Waals surface area contributed by atoms with Crippen LogP contribution in [0.4, 0.5) is 0 Å². The van der Waals surface area contributed by atoms with Gasteiger partial charge in [-0.25, -0.2) is 0 Å². The molecule has 1 N–H and O–H groups in total. The molecule has 216 valence electrons. The van der Waals surface area contributed by atoms with Crippen LogP contribution in [0.1, 0.15) is 168 Å². The van der Waals surface area contributed by atoms with Gasteiger partial charge in [0.05, 0.1) is 6.07 Å². The van der Waals surface area contributed by atoms with Crippen molar-refractivity contribution in [3.8, 4) is 5.88 Å². The molecule has 1 aromatic rings. The third-order valence-electron chi connectivity index (χ3n) is 7.73. The van der Waals surface area contributed by atoms with Crippen molar-refractivity contribution >= 4 is 12.2 Å². The molecule has 0 saturated heterocycles. The summed E-state index contributed by atoms with van der Waals surface area (Å²) >= 11 is 5.61. The quantitative estimate of drug-likeness (QED) is 0.0946. The highest BCUT2D eigenvalue weighted by molar-refractivity contribution is 7.71. The smallest absolute Gasteiger partial charge is 0.258 e. The Labute approximate surface area is 234 Å². The highest BCUT2D eigenvalue weighted by atomic mass is 32.1. The Balaban J connectivity index is 2.18. The van der Waals surface area contributed by atoms with Crippen LogP contribution in [-0.4, -0.2) is 14.2 Å². The first-order valence-corrected chi connectivity index (χ1v) is 16.6. The fourth-order valence-corrected chi connectivity index (χ4v) is 5.61. The Morgan fingerprint density at radius 1 is 0.541 bits per heavy atom. The molecule has 0 aliphatic carbocycles. The van der Waals surface area contributed by atoms with E-state index < -0.39 is 0 Å². The maximum atomic E-state index is 12.4. The molecule has 0 bridgehead atoms. The predicted octanol–water partition coefficient (Wildman–Crippen LogP) is 10.5. The van der Waals surface area contributed by atoms with Gasteiger partial charge in [0.1, 0.15) is 0 Å². The van der Waals surface area contributed by atoms with Gasteiger partial charge in [0.25, 0.3) is 5.56 Å². The van der Waals surface area contributed by atoms with Crippen LogP contribution in [0.2, 0.25) is 0 Å². The van der Waals surface area contributed by atoms with Crippen LogP contribution < -0.4 is 5.56 Å². The summed E-state index contributed by atoms with van der Waals surface area (Å²) in [6.07, 6.45) is 31.3. The van der Waals surface area contributed by atoms with Crippen molar-refractivity contribution in [1.29, 1.82) is 0 Å². The molecule has 1 rings (SSSR count). The lowest BCUT2D eigenvalue weighted by molar-refractivity contribution is 0.384. The lowest BCUT2D eigenvalue weighted by atomic mass is 10.1. The van der Waals surface area contributed by atoms with E-state index in [-0.39, 0.29) is 11.4 Å². The molecule has 1 heterocycles. The van der Waals surface area contributed by atoms with Crippen LogP contribution in [0.5, 0.6) is 5.88 Å². The molecule has 0 aliphatic heterocycles. The molecule has 0 fully saturated rings. The van der Waals surface area contributed by atoms with Crippen LogP contribution in [0, 0.1) is 4.77 Å². The maximum absolute atomic E-state index is 12.4. The number of hydrogen-bond acceptors (Lipinski definition) is 3. The molecular formula is C32H60N2O2S. The zero-order chi connectivity index (χ0) is 27.0. The van der Waals surface area contributed by atoms with Crippen molar-refractivity contribution in [2.24, 2.45) is 0 Å². The average molecular weight is 537 g/mol. The standard InChI is InChI=1S/C32H60N2O2S/c1-3-5-7-9-11-13-15-17-19-21-23-25-27-33-30(35)29-31(36)34(32(33)37)28-26-24-22-20-18-16-14-12-10-8-6-4-2/h29,35H,3-28H2,1-2H3. The third-order valence-corrected chi connectivity index (χ3v) is 8.17. The first kappa shape index (κ1) is 33.9. The van der Waals surface area contributed by atoms with E-state index >= 15 is 0 Å². The van der Waals surface area contributed by atoms with Crippen LogP contribution in [-0.2, 0) is 13.1 Å². The molecule has 0 unspecified atom stereocenters. The molecule has 0 saturated carbocycles. The van der Waals surface area contributed by atoms with E-state index in [0.29, 0.717) is 17.9 Å². The molecule has 5 heteroatoms. The number of unbranched alkanes of at least 4 members (excludes halogenated alkanes) is 22. The van der Waals surface area contributed by atoms with Crippen molar-refractivity contribution in [2.45, 2.75) is 181 Å². The van der Waals surface area contributed by atoms with Gasteiger partial charge in [0.2, 0.25) is 0 Å². The van der Waals surface area contributed by atoms with Crippen LogP contribution in [0.3, 0.4) is 0 Å². The average Bonchev–Trinajstić information content (AvgIpc) is 2.88. The summed E-state index contributed by atoms with van der Waals surface area (Å²) in [5.41, 5.74) is -0.170. The summed E-state index contributed by atoms with van der Waals surface area (Å²) in [4.78, 5) is 12.4. The number of rotatable bonds is 26. The van der Waals surface area contributed by atoms with Gasteiger partial charge in [-0.15, -0.1) is 0 Å². The minimum Gasteiger partial charge on any atom is -0.494 e. The summed E-state index contributed by atoms with van der Waals surface area (Å²) in [7, 11) is 0. The van der Waals surface area contributed by atoms with E-state index in [2.05, 4.69) is 13.8 Å². The Hall–Kier alpha value is -1.10. The lowest BCUT2D eigenvalue weighted by Crippen LogP contribution is -2.24. The van der Waals surface area contributed by atoms with Crippen molar-refractivity contribution < 1.29 is 5.11 Å². The fourth-order valence-electron chi connectivity index (χ4n) is 5.24. The summed E-state index contributed by atoms with van der Waals surface area (Å²) in [5.74, 6) is 0.0176. The predicted molar refractivity (Wildman–Crippen MR) is 163 cm³/mol. The molecule has 0 radical (unpaired) electrons. The van der Waals surface area contributed by atoms with Crippen molar-refractivity contribution in [3.63, 3.8) is 0 Å². The van der Waals surface area contributed by atoms with Crippen LogP contribution >= 0.6 is 12.2 Å². The highest BCUT2D eigenvalue weighted by Gasteiger charge is 2.08. The van der Waals surface area contributed by atoms with Gasteiger partial charge in [0.15, 0.2) is 10.7 Å². The van der Waals surface area contributed by atoms with E-state index in [1.54, 1.807) is 9.13 Å². The second kappa shape index (κ2) is 24.0. The highest BCUT2D eigenvalue weighted by Crippen LogP contribution is 2.15. The third kappa shape index (κ3) is 17.2. The topological polar surface area (TPSA) is 47.2 Å². The van der Waals surface area contributed by atoms with Crippen LogP contribution in [0.25, 0.3) is 0 Å². The van der Waals surface area contributed by atoms with E-state index in [0.717, 1.165) is 25.7 Å². The molecule has 0 spiro atoms. The SMILES string of the molecule is CCCCCCCCCCCCCCn1c(O)cc(=O)n(CCCCCCCCCCCCCC)c1=S. The van der Waals surface area contributed by atoms with E-state index in [1.165, 1.54) is 134 Å². The van der Waals surface area contributed by atoms with Gasteiger partial charge in [-0.1, -0.05) is 155 Å². The Kier molecular flexibility index (Phi) is 22.0. The number of aromatic hydroxyl groups is 1. The minimum absolute atomic E-state index is 0.0176. The van der Waals surface area contributed by atoms with E-state index in [1.807, 2.05) is 0 Å². The monoisotopic (exact) mass is 536 g/mol. The molecular weight excluding hydrogens is 476 g/mol. The van der Waals surface area contributed by atoms with Gasteiger partial charge < -0.3 is 5.11 Å². The first-order valence-electron chi connectivity index (χ1n) is 16.2. The fraction of sp³-hybridized carbons (Fsp3) is 0.875. The normalized spacial score (nSPS) is 11.4. The zero-order valence-corrected chi connectivity index (χ0v) is 25.4. The molecule has 0 aromatic carbocycles. The van der Waals surface area contributed by atoms with Crippen molar-refractivity contribution in [2.75, 3.05) is 0 Å². The lowest BCUT2D eigenvalue weighted by Gasteiger charge is -2.14. The van der Waals surface area contributed by atoms with Crippen LogP contribution in [0.15, 0.2) is 10.9 Å². The second-order valence-electron chi connectivity index (χ2n) is 11.2. The summed E-state index contributed by atoms with van der Waals surface area (Å²) < 4.78 is 3.93. The minimum atomic E-state index is -0.170.